The predicted octanol–water partition coefficient (Wildman–Crippen LogP) is 1.57. The van der Waals surface area contributed by atoms with Crippen molar-refractivity contribution < 1.29 is 4.79 Å². The van der Waals surface area contributed by atoms with Gasteiger partial charge in [0.15, 0.2) is 0 Å². The molecule has 0 atom stereocenters. The van der Waals surface area contributed by atoms with Gasteiger partial charge in [-0.3, -0.25) is 4.79 Å². The van der Waals surface area contributed by atoms with E-state index in [1.807, 2.05) is 11.8 Å². The highest BCUT2D eigenvalue weighted by Gasteiger charge is 2.19. The zero-order valence-corrected chi connectivity index (χ0v) is 6.41. The van der Waals surface area contributed by atoms with Crippen LogP contribution in [0.5, 0.6) is 0 Å². The van der Waals surface area contributed by atoms with Crippen molar-refractivity contribution in [2.45, 2.75) is 13.3 Å². The molecule has 9 heavy (non-hydrogen) atoms. The highest BCUT2D eigenvalue weighted by atomic mass is 32.2. The molecule has 1 aliphatic heterocycles. The van der Waals surface area contributed by atoms with Crippen LogP contribution in [0.2, 0.25) is 0 Å². The first-order chi connectivity index (χ1) is 4.34. The van der Waals surface area contributed by atoms with Crippen molar-refractivity contribution in [3.63, 3.8) is 0 Å². The second-order valence-corrected chi connectivity index (χ2v) is 3.25. The van der Waals surface area contributed by atoms with E-state index in [2.05, 4.69) is 0 Å². The van der Waals surface area contributed by atoms with Crippen LogP contribution < -0.4 is 0 Å². The Balaban J connectivity index is 2.16. The van der Waals surface area contributed by atoms with Crippen LogP contribution in [0, 0.1) is 0 Å². The van der Waals surface area contributed by atoms with Gasteiger partial charge in [-0.1, -0.05) is 18.7 Å². The number of hydrogen-bond donors (Lipinski definition) is 0. The maximum Gasteiger partial charge on any atom is 0.281 e. The zero-order valence-electron chi connectivity index (χ0n) is 5.59. The Kier molecular flexibility index (Phi) is 2.39. The maximum atomic E-state index is 10.9. The summed E-state index contributed by atoms with van der Waals surface area (Å²) in [4.78, 5) is 12.8. The topological polar surface area (TPSA) is 20.3 Å². The average Bonchev–Trinajstić information content (AvgIpc) is 1.60. The van der Waals surface area contributed by atoms with E-state index in [-0.39, 0.29) is 5.24 Å². The fourth-order valence-electron chi connectivity index (χ4n) is 0.714. The molecule has 0 radical (unpaired) electrons. The summed E-state index contributed by atoms with van der Waals surface area (Å²) in [7, 11) is 0. The van der Waals surface area contributed by atoms with Crippen LogP contribution in [-0.2, 0) is 0 Å². The number of nitrogens with zero attached hydrogens (tertiary/aromatic N) is 1. The van der Waals surface area contributed by atoms with Crippen LogP contribution >= 0.6 is 11.8 Å². The molecule has 0 aliphatic carbocycles. The Morgan fingerprint density at radius 3 is 2.67 bits per heavy atom. The maximum absolute atomic E-state index is 10.9. The number of hydrogen-bond acceptors (Lipinski definition) is 2. The van der Waals surface area contributed by atoms with Crippen LogP contribution in [0.4, 0.5) is 4.79 Å². The Bertz CT molecular complexity index is 112. The third-order valence-corrected chi connectivity index (χ3v) is 2.18. The molecule has 1 fully saturated rings. The number of rotatable bonds is 1. The molecule has 0 saturated carbocycles. The van der Waals surface area contributed by atoms with E-state index in [9.17, 15) is 4.79 Å². The van der Waals surface area contributed by atoms with Crippen molar-refractivity contribution >= 4 is 17.0 Å². The van der Waals surface area contributed by atoms with Gasteiger partial charge >= 0.3 is 0 Å². The standard InChI is InChI=1S/C6H11NOS/c1-2-9-6(8)7-4-3-5-7/h2-5H2,1H3. The van der Waals surface area contributed by atoms with Crippen molar-refractivity contribution in [3.8, 4) is 0 Å². The lowest BCUT2D eigenvalue weighted by atomic mass is 10.2. The van der Waals surface area contributed by atoms with E-state index in [0.717, 1.165) is 18.8 Å². The first-order valence-corrected chi connectivity index (χ1v) is 4.25. The Morgan fingerprint density at radius 1 is 1.67 bits per heavy atom. The number of thioether (sulfide) groups is 1. The Labute approximate surface area is 59.6 Å². The molecule has 0 aromatic carbocycles. The molecule has 0 aromatic heterocycles. The monoisotopic (exact) mass is 145 g/mol. The summed E-state index contributed by atoms with van der Waals surface area (Å²) >= 11 is 1.40. The van der Waals surface area contributed by atoms with E-state index in [0.29, 0.717) is 0 Å². The highest BCUT2D eigenvalue weighted by molar-refractivity contribution is 8.13. The third kappa shape index (κ3) is 1.61. The van der Waals surface area contributed by atoms with Crippen LogP contribution in [0.1, 0.15) is 13.3 Å². The van der Waals surface area contributed by atoms with Crippen LogP contribution in [0.15, 0.2) is 0 Å². The average molecular weight is 145 g/mol. The fourth-order valence-corrected chi connectivity index (χ4v) is 1.33. The van der Waals surface area contributed by atoms with E-state index in [4.69, 9.17) is 0 Å². The molecule has 52 valence electrons. The summed E-state index contributed by atoms with van der Waals surface area (Å²) in [5, 5.41) is 0.253. The van der Waals surface area contributed by atoms with Gasteiger partial charge in [0.1, 0.15) is 0 Å². The van der Waals surface area contributed by atoms with Gasteiger partial charge in [0.2, 0.25) is 0 Å². The molecule has 0 aromatic rings. The summed E-state index contributed by atoms with van der Waals surface area (Å²) in [5.74, 6) is 0.898. The van der Waals surface area contributed by atoms with Crippen molar-refractivity contribution in [3.05, 3.63) is 0 Å². The van der Waals surface area contributed by atoms with Gasteiger partial charge in [0.25, 0.3) is 5.24 Å². The van der Waals surface area contributed by atoms with E-state index in [1.54, 1.807) is 0 Å². The third-order valence-electron chi connectivity index (χ3n) is 1.38. The van der Waals surface area contributed by atoms with Crippen LogP contribution in [-0.4, -0.2) is 29.0 Å². The highest BCUT2D eigenvalue weighted by Crippen LogP contribution is 2.14. The SMILES string of the molecule is CCSC(=O)N1CCC1. The Hall–Kier alpha value is -0.180. The number of amides is 1. The van der Waals surface area contributed by atoms with E-state index < -0.39 is 0 Å². The van der Waals surface area contributed by atoms with Gasteiger partial charge in [0.05, 0.1) is 0 Å². The lowest BCUT2D eigenvalue weighted by Gasteiger charge is -2.29. The van der Waals surface area contributed by atoms with Gasteiger partial charge in [0, 0.05) is 13.1 Å². The second kappa shape index (κ2) is 3.11. The molecule has 1 aliphatic rings. The number of likely N-dealkylation sites (tertiary alicyclic amines) is 1. The predicted molar refractivity (Wildman–Crippen MR) is 39.7 cm³/mol. The molecule has 0 N–H and O–H groups in total. The van der Waals surface area contributed by atoms with Gasteiger partial charge in [-0.15, -0.1) is 0 Å². The minimum absolute atomic E-state index is 0.253. The smallest absolute Gasteiger partial charge is 0.281 e. The van der Waals surface area contributed by atoms with Crippen molar-refractivity contribution in [1.82, 2.24) is 4.90 Å². The minimum Gasteiger partial charge on any atom is -0.333 e. The molecule has 3 heteroatoms. The molecule has 1 amide bonds. The Morgan fingerprint density at radius 2 is 2.33 bits per heavy atom. The largest absolute Gasteiger partial charge is 0.333 e. The van der Waals surface area contributed by atoms with E-state index >= 15 is 0 Å². The molecule has 0 spiro atoms. The van der Waals surface area contributed by atoms with Gasteiger partial charge in [-0.2, -0.15) is 0 Å². The van der Waals surface area contributed by atoms with Crippen molar-refractivity contribution in [1.29, 1.82) is 0 Å². The lowest BCUT2D eigenvalue weighted by molar-refractivity contribution is 0.192. The molecular formula is C6H11NOS. The van der Waals surface area contributed by atoms with Crippen molar-refractivity contribution in [2.75, 3.05) is 18.8 Å². The lowest BCUT2D eigenvalue weighted by Crippen LogP contribution is -2.39. The van der Waals surface area contributed by atoms with Gasteiger partial charge in [-0.25, -0.2) is 0 Å². The van der Waals surface area contributed by atoms with Crippen LogP contribution in [0.25, 0.3) is 0 Å². The van der Waals surface area contributed by atoms with Crippen LogP contribution in [0.3, 0.4) is 0 Å². The first-order valence-electron chi connectivity index (χ1n) is 3.26. The molecule has 1 saturated heterocycles. The summed E-state index contributed by atoms with van der Waals surface area (Å²) < 4.78 is 0. The normalized spacial score (nSPS) is 17.2. The number of carbonyl (C=O) groups excluding carboxylic acids is 1. The summed E-state index contributed by atoms with van der Waals surface area (Å²) in [6.07, 6.45) is 1.19. The van der Waals surface area contributed by atoms with Gasteiger partial charge in [-0.05, 0) is 12.2 Å². The zero-order chi connectivity index (χ0) is 6.69. The molecule has 0 unspecified atom stereocenters. The first kappa shape index (κ1) is 6.93. The fraction of sp³-hybridized carbons (Fsp3) is 0.833. The quantitative estimate of drug-likeness (QED) is 0.558. The van der Waals surface area contributed by atoms with E-state index in [1.165, 1.54) is 18.2 Å². The second-order valence-electron chi connectivity index (χ2n) is 2.04. The van der Waals surface area contributed by atoms with Gasteiger partial charge < -0.3 is 4.90 Å². The summed E-state index contributed by atoms with van der Waals surface area (Å²) in [5.41, 5.74) is 0. The molecular weight excluding hydrogens is 134 g/mol. The molecule has 1 rings (SSSR count). The minimum atomic E-state index is 0.253. The van der Waals surface area contributed by atoms with Crippen molar-refractivity contribution in [2.24, 2.45) is 0 Å². The number of carbonyl (C=O) groups is 1. The molecule has 2 nitrogen and oxygen atoms in total. The molecule has 1 heterocycles. The molecule has 0 bridgehead atoms. The summed E-state index contributed by atoms with van der Waals surface area (Å²) in [6.45, 7) is 3.96. The summed E-state index contributed by atoms with van der Waals surface area (Å²) in [6, 6.07) is 0.